The Morgan fingerprint density at radius 1 is 1.45 bits per heavy atom. The second-order valence-corrected chi connectivity index (χ2v) is 4.84. The van der Waals surface area contributed by atoms with Crippen LogP contribution in [0.4, 0.5) is 10.1 Å². The first-order valence-electron chi connectivity index (χ1n) is 6.52. The number of carbonyl (C=O) groups is 2. The Morgan fingerprint density at radius 2 is 2.27 bits per heavy atom. The van der Waals surface area contributed by atoms with E-state index < -0.39 is 11.6 Å². The number of benzene rings is 1. The third kappa shape index (κ3) is 2.56. The van der Waals surface area contributed by atoms with E-state index in [1.807, 2.05) is 0 Å². The highest BCUT2D eigenvalue weighted by atomic mass is 19.1. The number of aryl methyl sites for hydroxylation is 1. The Balaban J connectivity index is 1.86. The van der Waals surface area contributed by atoms with Crippen LogP contribution in [0.3, 0.4) is 0 Å². The monoisotopic (exact) mass is 299 g/mol. The fourth-order valence-electron chi connectivity index (χ4n) is 2.27. The number of hydrogen-bond acceptors (Lipinski definition) is 5. The highest BCUT2D eigenvalue weighted by Crippen LogP contribution is 2.26. The number of carbonyl (C=O) groups excluding carboxylic acids is 2. The maximum atomic E-state index is 14.1. The fourth-order valence-corrected chi connectivity index (χ4v) is 2.27. The molecule has 0 radical (unpaired) electrons. The summed E-state index contributed by atoms with van der Waals surface area (Å²) in [5.74, 6) is -1.41. The summed E-state index contributed by atoms with van der Waals surface area (Å²) >= 11 is 0. The zero-order valence-electron chi connectivity index (χ0n) is 11.3. The molecule has 2 heterocycles. The van der Waals surface area contributed by atoms with Gasteiger partial charge in [0.15, 0.2) is 5.78 Å². The van der Waals surface area contributed by atoms with Gasteiger partial charge in [-0.1, -0.05) is 0 Å². The first-order chi connectivity index (χ1) is 10.6. The largest absolute Gasteiger partial charge is 0.326 e. The molecule has 0 saturated carbocycles. The van der Waals surface area contributed by atoms with E-state index in [4.69, 9.17) is 5.26 Å². The van der Waals surface area contributed by atoms with E-state index in [1.54, 1.807) is 6.07 Å². The van der Waals surface area contributed by atoms with Crippen molar-refractivity contribution in [3.63, 3.8) is 0 Å². The summed E-state index contributed by atoms with van der Waals surface area (Å²) in [5.41, 5.74) is 1.06. The van der Waals surface area contributed by atoms with Gasteiger partial charge < -0.3 is 5.32 Å². The number of halogens is 1. The van der Waals surface area contributed by atoms with Gasteiger partial charge in [0.1, 0.15) is 24.8 Å². The van der Waals surface area contributed by atoms with Gasteiger partial charge in [0.25, 0.3) is 5.82 Å². The molecule has 0 fully saturated rings. The van der Waals surface area contributed by atoms with Crippen molar-refractivity contribution in [1.82, 2.24) is 14.8 Å². The van der Waals surface area contributed by atoms with Crippen LogP contribution in [0.1, 0.15) is 28.2 Å². The quantitative estimate of drug-likeness (QED) is 0.854. The third-order valence-corrected chi connectivity index (χ3v) is 3.33. The summed E-state index contributed by atoms with van der Waals surface area (Å²) in [6.45, 7) is -0.212. The lowest BCUT2D eigenvalue weighted by Crippen LogP contribution is -2.20. The van der Waals surface area contributed by atoms with Crippen LogP contribution in [0.25, 0.3) is 0 Å². The van der Waals surface area contributed by atoms with Crippen LogP contribution in [0.2, 0.25) is 0 Å². The van der Waals surface area contributed by atoms with Gasteiger partial charge in [-0.2, -0.15) is 5.26 Å². The first-order valence-corrected chi connectivity index (χ1v) is 6.52. The van der Waals surface area contributed by atoms with Crippen molar-refractivity contribution >= 4 is 17.4 Å². The number of nitrogens with one attached hydrogen (secondary N) is 1. The number of anilines is 1. The van der Waals surface area contributed by atoms with Gasteiger partial charge in [-0.05, 0) is 24.1 Å². The molecule has 0 atom stereocenters. The molecule has 0 unspecified atom stereocenters. The number of amides is 1. The molecule has 0 bridgehead atoms. The van der Waals surface area contributed by atoms with Crippen LogP contribution >= 0.6 is 0 Å². The fraction of sp³-hybridized carbons (Fsp3) is 0.214. The molecular formula is C14H10FN5O2. The maximum Gasteiger partial charge on any atom is 0.252 e. The normalized spacial score (nSPS) is 13.2. The van der Waals surface area contributed by atoms with Gasteiger partial charge in [0, 0.05) is 12.1 Å². The van der Waals surface area contributed by atoms with Crippen molar-refractivity contribution in [2.45, 2.75) is 19.4 Å². The van der Waals surface area contributed by atoms with E-state index in [0.717, 1.165) is 11.6 Å². The average molecular weight is 299 g/mol. The lowest BCUT2D eigenvalue weighted by atomic mass is 9.98. The Hall–Kier alpha value is -3.08. The van der Waals surface area contributed by atoms with E-state index in [0.29, 0.717) is 18.5 Å². The first kappa shape index (κ1) is 13.9. The average Bonchev–Trinajstić information content (AvgIpc) is 2.94. The number of ketones is 1. The standard InChI is InChI=1S/C14H10FN5O2/c15-10-4-11-8(1-2-14(22)18-11)3-9(10)12(21)6-20-7-17-13(5-16)19-20/h3-4,7H,1-2,6H2,(H,18,22). The van der Waals surface area contributed by atoms with Gasteiger partial charge in [0.2, 0.25) is 5.91 Å². The second kappa shape index (κ2) is 5.37. The Labute approximate surface area is 124 Å². The van der Waals surface area contributed by atoms with Gasteiger partial charge in [-0.25, -0.2) is 14.1 Å². The SMILES string of the molecule is N#Cc1ncn(CC(=O)c2cc3c(cc2F)NC(=O)CC3)n1. The summed E-state index contributed by atoms with van der Waals surface area (Å²) in [7, 11) is 0. The molecule has 2 aromatic rings. The lowest BCUT2D eigenvalue weighted by molar-refractivity contribution is -0.116. The Kier molecular flexibility index (Phi) is 3.39. The molecule has 1 aromatic heterocycles. The number of Topliss-reactive ketones (excluding diaryl/α,β-unsaturated/α-hetero) is 1. The van der Waals surface area contributed by atoms with Gasteiger partial charge >= 0.3 is 0 Å². The minimum Gasteiger partial charge on any atom is -0.326 e. The number of rotatable bonds is 3. The predicted molar refractivity (Wildman–Crippen MR) is 72.4 cm³/mol. The van der Waals surface area contributed by atoms with Crippen molar-refractivity contribution < 1.29 is 14.0 Å². The number of nitrogens with zero attached hydrogens (tertiary/aromatic N) is 4. The van der Waals surface area contributed by atoms with E-state index in [2.05, 4.69) is 15.4 Å². The van der Waals surface area contributed by atoms with E-state index >= 15 is 0 Å². The molecule has 1 aliphatic rings. The maximum absolute atomic E-state index is 14.1. The number of fused-ring (bicyclic) bond motifs is 1. The molecule has 3 rings (SSSR count). The molecule has 1 N–H and O–H groups in total. The minimum atomic E-state index is -0.702. The van der Waals surface area contributed by atoms with Crippen molar-refractivity contribution in [2.24, 2.45) is 0 Å². The van der Waals surface area contributed by atoms with E-state index in [9.17, 15) is 14.0 Å². The summed E-state index contributed by atoms with van der Waals surface area (Å²) in [6, 6.07) is 4.36. The molecule has 0 aliphatic carbocycles. The van der Waals surface area contributed by atoms with Crippen molar-refractivity contribution in [1.29, 1.82) is 5.26 Å². The van der Waals surface area contributed by atoms with E-state index in [-0.39, 0.29) is 23.8 Å². The molecule has 0 saturated heterocycles. The van der Waals surface area contributed by atoms with Gasteiger partial charge in [0.05, 0.1) is 5.56 Å². The molecular weight excluding hydrogens is 289 g/mol. The second-order valence-electron chi connectivity index (χ2n) is 4.84. The topological polar surface area (TPSA) is 101 Å². The van der Waals surface area contributed by atoms with Crippen LogP contribution in [-0.4, -0.2) is 26.5 Å². The minimum absolute atomic E-state index is 0.0542. The molecule has 7 nitrogen and oxygen atoms in total. The van der Waals surface area contributed by atoms with Crippen molar-refractivity contribution in [3.05, 3.63) is 41.2 Å². The summed E-state index contributed by atoms with van der Waals surface area (Å²) in [6.07, 6.45) is 2.01. The number of aromatic nitrogens is 3. The van der Waals surface area contributed by atoms with Crippen LogP contribution < -0.4 is 5.32 Å². The van der Waals surface area contributed by atoms with E-state index in [1.165, 1.54) is 17.1 Å². The van der Waals surface area contributed by atoms with Crippen LogP contribution in [0.5, 0.6) is 0 Å². The molecule has 8 heteroatoms. The van der Waals surface area contributed by atoms with Crippen molar-refractivity contribution in [2.75, 3.05) is 5.32 Å². The summed E-state index contributed by atoms with van der Waals surface area (Å²) < 4.78 is 15.2. The van der Waals surface area contributed by atoms with Crippen LogP contribution in [0.15, 0.2) is 18.5 Å². The molecule has 1 amide bonds. The highest BCUT2D eigenvalue weighted by Gasteiger charge is 2.21. The number of nitriles is 1. The molecule has 1 aromatic carbocycles. The summed E-state index contributed by atoms with van der Waals surface area (Å²) in [5, 5.41) is 15.0. The molecule has 110 valence electrons. The van der Waals surface area contributed by atoms with Gasteiger partial charge in [-0.3, -0.25) is 9.59 Å². The smallest absolute Gasteiger partial charge is 0.252 e. The van der Waals surface area contributed by atoms with Crippen LogP contribution in [-0.2, 0) is 17.8 Å². The van der Waals surface area contributed by atoms with Crippen LogP contribution in [0, 0.1) is 17.1 Å². The molecule has 0 spiro atoms. The zero-order valence-corrected chi connectivity index (χ0v) is 11.3. The third-order valence-electron chi connectivity index (χ3n) is 3.33. The Morgan fingerprint density at radius 3 is 3.00 bits per heavy atom. The summed E-state index contributed by atoms with van der Waals surface area (Å²) in [4.78, 5) is 27.1. The lowest BCUT2D eigenvalue weighted by Gasteiger charge is -2.17. The predicted octanol–water partition coefficient (Wildman–Crippen LogP) is 1.06. The van der Waals surface area contributed by atoms with Gasteiger partial charge in [-0.15, -0.1) is 5.10 Å². The highest BCUT2D eigenvalue weighted by molar-refractivity contribution is 5.99. The number of hydrogen-bond donors (Lipinski definition) is 1. The Bertz CT molecular complexity index is 821. The molecule has 1 aliphatic heterocycles. The molecule has 22 heavy (non-hydrogen) atoms. The zero-order chi connectivity index (χ0) is 15.7. The van der Waals surface area contributed by atoms with Crippen molar-refractivity contribution in [3.8, 4) is 6.07 Å².